The Morgan fingerprint density at radius 2 is 2.05 bits per heavy atom. The van der Waals surface area contributed by atoms with Crippen molar-refractivity contribution < 1.29 is 13.9 Å². The Labute approximate surface area is 130 Å². The molecular formula is C16H12BrNO3. The molecule has 2 aromatic rings. The second-order valence-electron chi connectivity index (χ2n) is 4.10. The van der Waals surface area contributed by atoms with Crippen molar-refractivity contribution in [2.24, 2.45) is 0 Å². The summed E-state index contributed by atoms with van der Waals surface area (Å²) in [5.74, 6) is 0.439. The van der Waals surface area contributed by atoms with Crippen LogP contribution in [-0.4, -0.2) is 12.6 Å². The van der Waals surface area contributed by atoms with Crippen molar-refractivity contribution >= 4 is 28.0 Å². The van der Waals surface area contributed by atoms with E-state index in [-0.39, 0.29) is 12.2 Å². The molecular weight excluding hydrogens is 334 g/mol. The van der Waals surface area contributed by atoms with Crippen LogP contribution in [0.15, 0.2) is 50.9 Å². The number of furan rings is 1. The molecule has 0 radical (unpaired) electrons. The van der Waals surface area contributed by atoms with E-state index in [2.05, 4.69) is 15.9 Å². The van der Waals surface area contributed by atoms with Gasteiger partial charge in [-0.25, -0.2) is 4.79 Å². The summed E-state index contributed by atoms with van der Waals surface area (Å²) in [6.07, 6.45) is 1.38. The summed E-state index contributed by atoms with van der Waals surface area (Å²) in [6.45, 7) is 1.91. The maximum absolute atomic E-state index is 11.5. The standard InChI is InChI=1S/C16H12BrNO3/c1-2-20-16(19)12(10-18)9-14-7-8-15(21-14)11-3-5-13(17)6-4-11/h3-9H,2H2,1H3. The second-order valence-corrected chi connectivity index (χ2v) is 5.01. The van der Waals surface area contributed by atoms with Crippen LogP contribution in [-0.2, 0) is 9.53 Å². The van der Waals surface area contributed by atoms with Crippen LogP contribution >= 0.6 is 15.9 Å². The second kappa shape index (κ2) is 6.91. The minimum Gasteiger partial charge on any atom is -0.462 e. The number of hydrogen-bond acceptors (Lipinski definition) is 4. The molecule has 0 aliphatic heterocycles. The number of ether oxygens (including phenoxy) is 1. The van der Waals surface area contributed by atoms with Crippen molar-refractivity contribution in [3.63, 3.8) is 0 Å². The molecule has 1 heterocycles. The van der Waals surface area contributed by atoms with E-state index in [1.165, 1.54) is 6.08 Å². The molecule has 0 aliphatic carbocycles. The molecule has 2 rings (SSSR count). The van der Waals surface area contributed by atoms with Crippen LogP contribution in [0.25, 0.3) is 17.4 Å². The molecule has 1 aromatic carbocycles. The van der Waals surface area contributed by atoms with Gasteiger partial charge in [-0.15, -0.1) is 0 Å². The number of rotatable bonds is 4. The highest BCUT2D eigenvalue weighted by Crippen LogP contribution is 2.25. The van der Waals surface area contributed by atoms with E-state index in [1.807, 2.05) is 30.3 Å². The SMILES string of the molecule is CCOC(=O)C(C#N)=Cc1ccc(-c2ccc(Br)cc2)o1. The largest absolute Gasteiger partial charge is 0.462 e. The van der Waals surface area contributed by atoms with Gasteiger partial charge in [0, 0.05) is 16.1 Å². The molecule has 0 aliphatic rings. The quantitative estimate of drug-likeness (QED) is 0.473. The van der Waals surface area contributed by atoms with Crippen molar-refractivity contribution in [1.82, 2.24) is 0 Å². The predicted octanol–water partition coefficient (Wildman–Crippen LogP) is 4.18. The Bertz CT molecular complexity index is 708. The molecule has 106 valence electrons. The number of nitrogens with zero attached hydrogens (tertiary/aromatic N) is 1. The zero-order valence-corrected chi connectivity index (χ0v) is 12.9. The Morgan fingerprint density at radius 3 is 2.67 bits per heavy atom. The Morgan fingerprint density at radius 1 is 1.33 bits per heavy atom. The molecule has 5 heteroatoms. The first-order chi connectivity index (χ1) is 10.1. The van der Waals surface area contributed by atoms with Crippen LogP contribution in [0.4, 0.5) is 0 Å². The lowest BCUT2D eigenvalue weighted by molar-refractivity contribution is -0.137. The fourth-order valence-electron chi connectivity index (χ4n) is 1.69. The first-order valence-corrected chi connectivity index (χ1v) is 7.08. The fraction of sp³-hybridized carbons (Fsp3) is 0.125. The third-order valence-corrected chi connectivity index (χ3v) is 3.19. The van der Waals surface area contributed by atoms with Crippen LogP contribution in [0.5, 0.6) is 0 Å². The topological polar surface area (TPSA) is 63.2 Å². The Kier molecular flexibility index (Phi) is 4.96. The molecule has 0 N–H and O–H groups in total. The molecule has 0 amide bonds. The van der Waals surface area contributed by atoms with Crippen LogP contribution in [0.1, 0.15) is 12.7 Å². The van der Waals surface area contributed by atoms with Crippen molar-refractivity contribution in [1.29, 1.82) is 5.26 Å². The van der Waals surface area contributed by atoms with Crippen molar-refractivity contribution in [3.05, 3.63) is 52.2 Å². The van der Waals surface area contributed by atoms with Crippen LogP contribution in [0, 0.1) is 11.3 Å². The molecule has 0 fully saturated rings. The van der Waals surface area contributed by atoms with E-state index in [1.54, 1.807) is 19.1 Å². The average Bonchev–Trinajstić information content (AvgIpc) is 2.94. The van der Waals surface area contributed by atoms with Crippen LogP contribution in [0.3, 0.4) is 0 Å². The summed E-state index contributed by atoms with van der Waals surface area (Å²) in [6, 6.07) is 12.9. The zero-order valence-electron chi connectivity index (χ0n) is 11.3. The Balaban J connectivity index is 2.25. The molecule has 0 saturated heterocycles. The number of benzene rings is 1. The van der Waals surface area contributed by atoms with Gasteiger partial charge in [0.2, 0.25) is 0 Å². The Hall–Kier alpha value is -2.32. The highest BCUT2D eigenvalue weighted by Gasteiger charge is 2.11. The van der Waals surface area contributed by atoms with E-state index in [0.29, 0.717) is 11.5 Å². The minimum atomic E-state index is -0.651. The molecule has 0 unspecified atom stereocenters. The summed E-state index contributed by atoms with van der Waals surface area (Å²) in [5.41, 5.74) is 0.820. The van der Waals surface area contributed by atoms with Crippen LogP contribution < -0.4 is 0 Å². The minimum absolute atomic E-state index is 0.0893. The number of carbonyl (C=O) groups excluding carboxylic acids is 1. The van der Waals surface area contributed by atoms with Gasteiger partial charge in [-0.3, -0.25) is 0 Å². The monoisotopic (exact) mass is 345 g/mol. The fourth-order valence-corrected chi connectivity index (χ4v) is 1.95. The third-order valence-electron chi connectivity index (χ3n) is 2.66. The van der Waals surface area contributed by atoms with E-state index in [0.717, 1.165) is 10.0 Å². The maximum atomic E-state index is 11.5. The van der Waals surface area contributed by atoms with Gasteiger partial charge in [-0.2, -0.15) is 5.26 Å². The number of hydrogen-bond donors (Lipinski definition) is 0. The van der Waals surface area contributed by atoms with E-state index >= 15 is 0 Å². The summed E-state index contributed by atoms with van der Waals surface area (Å²) in [7, 11) is 0. The van der Waals surface area contributed by atoms with Gasteiger partial charge in [0.25, 0.3) is 0 Å². The van der Waals surface area contributed by atoms with E-state index in [4.69, 9.17) is 14.4 Å². The zero-order chi connectivity index (χ0) is 15.2. The van der Waals surface area contributed by atoms with Gasteiger partial charge in [0.05, 0.1) is 6.61 Å². The van der Waals surface area contributed by atoms with Crippen molar-refractivity contribution in [3.8, 4) is 17.4 Å². The van der Waals surface area contributed by atoms with E-state index < -0.39 is 5.97 Å². The number of carbonyl (C=O) groups is 1. The van der Waals surface area contributed by atoms with Crippen LogP contribution in [0.2, 0.25) is 0 Å². The molecule has 4 nitrogen and oxygen atoms in total. The summed E-state index contributed by atoms with van der Waals surface area (Å²) >= 11 is 3.37. The first-order valence-electron chi connectivity index (χ1n) is 6.28. The lowest BCUT2D eigenvalue weighted by Gasteiger charge is -1.98. The van der Waals surface area contributed by atoms with Gasteiger partial charge in [-0.05, 0) is 31.2 Å². The average molecular weight is 346 g/mol. The summed E-state index contributed by atoms with van der Waals surface area (Å²) in [5, 5.41) is 8.97. The van der Waals surface area contributed by atoms with Crippen molar-refractivity contribution in [2.75, 3.05) is 6.61 Å². The highest BCUT2D eigenvalue weighted by molar-refractivity contribution is 9.10. The summed E-state index contributed by atoms with van der Waals surface area (Å²) in [4.78, 5) is 11.5. The summed E-state index contributed by atoms with van der Waals surface area (Å²) < 4.78 is 11.4. The number of halogens is 1. The van der Waals surface area contributed by atoms with Gasteiger partial charge in [0.15, 0.2) is 0 Å². The van der Waals surface area contributed by atoms with Gasteiger partial charge < -0.3 is 9.15 Å². The smallest absolute Gasteiger partial charge is 0.349 e. The molecule has 0 bridgehead atoms. The molecule has 21 heavy (non-hydrogen) atoms. The third kappa shape index (κ3) is 3.83. The molecule has 0 spiro atoms. The van der Waals surface area contributed by atoms with Gasteiger partial charge in [0.1, 0.15) is 23.2 Å². The van der Waals surface area contributed by atoms with Crippen molar-refractivity contribution in [2.45, 2.75) is 6.92 Å². The maximum Gasteiger partial charge on any atom is 0.349 e. The molecule has 0 saturated carbocycles. The first kappa shape index (κ1) is 15.1. The lowest BCUT2D eigenvalue weighted by Crippen LogP contribution is -2.05. The number of esters is 1. The molecule has 0 atom stereocenters. The number of nitriles is 1. The predicted molar refractivity (Wildman–Crippen MR) is 82.1 cm³/mol. The lowest BCUT2D eigenvalue weighted by atomic mass is 10.2. The van der Waals surface area contributed by atoms with Gasteiger partial charge >= 0.3 is 5.97 Å². The van der Waals surface area contributed by atoms with Gasteiger partial charge in [-0.1, -0.05) is 28.1 Å². The normalized spacial score (nSPS) is 11.0. The molecule has 1 aromatic heterocycles. The highest BCUT2D eigenvalue weighted by atomic mass is 79.9. The van der Waals surface area contributed by atoms with E-state index in [9.17, 15) is 4.79 Å².